The van der Waals surface area contributed by atoms with Crippen LogP contribution in [0.3, 0.4) is 0 Å². The van der Waals surface area contributed by atoms with Crippen molar-refractivity contribution in [1.82, 2.24) is 20.2 Å². The molecule has 8 nitrogen and oxygen atoms in total. The van der Waals surface area contributed by atoms with Crippen molar-refractivity contribution in [2.75, 3.05) is 56.2 Å². The standard InChI is InChI=1S/C30H36ClN7O/c1-36-14-3-6-24(36)20-39-30-34-27-19-37(28-8-2-5-21-9-10-22(31)17-26(21)28)15-4-7-25(27)29(35-30)38-16-13-33-23(18-38)11-12-32/h2,5,8-10,17,23-24,33H,3-4,6-7,11,13-16,18-20H2,1H3/t23?,24-/m0/s1. The third kappa shape index (κ3) is 5.62. The molecule has 2 fully saturated rings. The van der Waals surface area contributed by atoms with E-state index in [0.29, 0.717) is 31.6 Å². The van der Waals surface area contributed by atoms with Gasteiger partial charge in [0, 0.05) is 59.9 Å². The van der Waals surface area contributed by atoms with Crippen molar-refractivity contribution >= 4 is 33.9 Å². The van der Waals surface area contributed by atoms with Crippen LogP contribution in [0.5, 0.6) is 6.01 Å². The zero-order valence-corrected chi connectivity index (χ0v) is 23.3. The molecule has 2 saturated heterocycles. The Morgan fingerprint density at radius 1 is 1.13 bits per heavy atom. The topological polar surface area (TPSA) is 80.5 Å². The number of hydrogen-bond acceptors (Lipinski definition) is 8. The Bertz CT molecular complexity index is 1380. The first kappa shape index (κ1) is 26.1. The zero-order valence-electron chi connectivity index (χ0n) is 22.6. The van der Waals surface area contributed by atoms with Gasteiger partial charge in [-0.05, 0) is 62.9 Å². The average molecular weight is 546 g/mol. The van der Waals surface area contributed by atoms with E-state index >= 15 is 0 Å². The molecule has 3 aliphatic rings. The van der Waals surface area contributed by atoms with Gasteiger partial charge in [-0.15, -0.1) is 0 Å². The first-order valence-electron chi connectivity index (χ1n) is 14.1. The highest BCUT2D eigenvalue weighted by molar-refractivity contribution is 6.31. The number of piperazine rings is 1. The van der Waals surface area contributed by atoms with E-state index < -0.39 is 0 Å². The summed E-state index contributed by atoms with van der Waals surface area (Å²) in [5.41, 5.74) is 3.41. The highest BCUT2D eigenvalue weighted by Gasteiger charge is 2.29. The minimum atomic E-state index is 0.133. The molecule has 0 aliphatic carbocycles. The highest BCUT2D eigenvalue weighted by Crippen LogP contribution is 2.35. The summed E-state index contributed by atoms with van der Waals surface area (Å²) in [6, 6.07) is 15.8. The summed E-state index contributed by atoms with van der Waals surface area (Å²) in [6.45, 7) is 5.74. The molecule has 1 aromatic heterocycles. The van der Waals surface area contributed by atoms with Gasteiger partial charge in [-0.25, -0.2) is 0 Å². The molecule has 0 radical (unpaired) electrons. The molecule has 0 amide bonds. The van der Waals surface area contributed by atoms with Crippen LogP contribution in [0.15, 0.2) is 36.4 Å². The number of halogens is 1. The fourth-order valence-corrected chi connectivity index (χ4v) is 6.42. The van der Waals surface area contributed by atoms with E-state index in [-0.39, 0.29) is 6.04 Å². The Kier molecular flexibility index (Phi) is 7.73. The number of benzene rings is 2. The van der Waals surface area contributed by atoms with E-state index in [1.54, 1.807) is 0 Å². The van der Waals surface area contributed by atoms with Gasteiger partial charge in [0.1, 0.15) is 12.4 Å². The van der Waals surface area contributed by atoms with Crippen LogP contribution in [0.1, 0.15) is 36.9 Å². The van der Waals surface area contributed by atoms with Crippen molar-refractivity contribution < 1.29 is 4.74 Å². The minimum Gasteiger partial charge on any atom is -0.462 e. The second-order valence-corrected chi connectivity index (χ2v) is 11.4. The number of nitriles is 1. The van der Waals surface area contributed by atoms with Crippen molar-refractivity contribution in [3.63, 3.8) is 0 Å². The molecule has 6 rings (SSSR count). The molecule has 4 heterocycles. The summed E-state index contributed by atoms with van der Waals surface area (Å²) < 4.78 is 6.31. The Balaban J connectivity index is 1.35. The Labute approximate surface area is 235 Å². The number of nitrogens with one attached hydrogen (secondary N) is 1. The van der Waals surface area contributed by atoms with Crippen LogP contribution in [0.4, 0.5) is 11.5 Å². The van der Waals surface area contributed by atoms with Crippen molar-refractivity contribution in [3.05, 3.63) is 52.7 Å². The van der Waals surface area contributed by atoms with Crippen molar-refractivity contribution in [1.29, 1.82) is 5.26 Å². The lowest BCUT2D eigenvalue weighted by atomic mass is 10.1. The van der Waals surface area contributed by atoms with E-state index in [2.05, 4.69) is 63.5 Å². The summed E-state index contributed by atoms with van der Waals surface area (Å²) in [6.07, 6.45) is 4.73. The molecule has 0 spiro atoms. The van der Waals surface area contributed by atoms with Crippen LogP contribution in [0.2, 0.25) is 5.02 Å². The third-order valence-electron chi connectivity index (χ3n) is 8.38. The lowest BCUT2D eigenvalue weighted by Crippen LogP contribution is -2.51. The predicted molar refractivity (Wildman–Crippen MR) is 156 cm³/mol. The van der Waals surface area contributed by atoms with E-state index in [4.69, 9.17) is 26.3 Å². The maximum atomic E-state index is 9.30. The fraction of sp³-hybridized carbons (Fsp3) is 0.500. The SMILES string of the molecule is CN1CCC[C@H]1COc1nc2c(c(N3CCNC(CC#N)C3)n1)CCCN(c1cccc3ccc(Cl)cc13)C2. The van der Waals surface area contributed by atoms with Crippen LogP contribution >= 0.6 is 11.6 Å². The first-order valence-corrected chi connectivity index (χ1v) is 14.5. The molecule has 0 saturated carbocycles. The molecule has 1 N–H and O–H groups in total. The molecular weight excluding hydrogens is 510 g/mol. The molecule has 2 atom stereocenters. The average Bonchev–Trinajstić information content (AvgIpc) is 3.23. The van der Waals surface area contributed by atoms with E-state index in [1.807, 2.05) is 6.07 Å². The summed E-state index contributed by atoms with van der Waals surface area (Å²) in [4.78, 5) is 17.2. The molecule has 3 aliphatic heterocycles. The Morgan fingerprint density at radius 3 is 2.90 bits per heavy atom. The largest absolute Gasteiger partial charge is 0.462 e. The van der Waals surface area contributed by atoms with Crippen LogP contribution in [-0.4, -0.2) is 73.3 Å². The van der Waals surface area contributed by atoms with Crippen LogP contribution in [-0.2, 0) is 13.0 Å². The van der Waals surface area contributed by atoms with Gasteiger partial charge < -0.3 is 24.8 Å². The van der Waals surface area contributed by atoms with E-state index in [1.165, 1.54) is 23.1 Å². The maximum absolute atomic E-state index is 9.30. The van der Waals surface area contributed by atoms with Gasteiger partial charge in [0.2, 0.25) is 0 Å². The quantitative estimate of drug-likeness (QED) is 0.488. The van der Waals surface area contributed by atoms with Crippen LogP contribution in [0.25, 0.3) is 10.8 Å². The van der Waals surface area contributed by atoms with Gasteiger partial charge in [0.05, 0.1) is 24.7 Å². The highest BCUT2D eigenvalue weighted by atomic mass is 35.5. The molecule has 2 aromatic carbocycles. The number of aromatic nitrogens is 2. The van der Waals surface area contributed by atoms with Gasteiger partial charge in [0.15, 0.2) is 0 Å². The Morgan fingerprint density at radius 2 is 2.05 bits per heavy atom. The molecule has 39 heavy (non-hydrogen) atoms. The maximum Gasteiger partial charge on any atom is 0.318 e. The molecule has 1 unspecified atom stereocenters. The fourth-order valence-electron chi connectivity index (χ4n) is 6.25. The molecular formula is C30H36ClN7O. The second-order valence-electron chi connectivity index (χ2n) is 11.0. The summed E-state index contributed by atoms with van der Waals surface area (Å²) >= 11 is 6.41. The van der Waals surface area contributed by atoms with Gasteiger partial charge in [-0.3, -0.25) is 0 Å². The number of likely N-dealkylation sites (tertiary alicyclic amines) is 1. The number of ether oxygens (including phenoxy) is 1. The number of rotatable bonds is 6. The molecule has 3 aromatic rings. The van der Waals surface area contributed by atoms with Gasteiger partial charge >= 0.3 is 6.01 Å². The zero-order chi connectivity index (χ0) is 26.8. The van der Waals surface area contributed by atoms with Crippen LogP contribution < -0.4 is 19.9 Å². The van der Waals surface area contributed by atoms with Crippen molar-refractivity contribution in [3.8, 4) is 12.1 Å². The lowest BCUT2D eigenvalue weighted by Gasteiger charge is -2.35. The van der Waals surface area contributed by atoms with Gasteiger partial charge in [0.25, 0.3) is 0 Å². The van der Waals surface area contributed by atoms with E-state index in [0.717, 1.165) is 73.9 Å². The summed E-state index contributed by atoms with van der Waals surface area (Å²) in [7, 11) is 2.16. The smallest absolute Gasteiger partial charge is 0.318 e. The number of fused-ring (bicyclic) bond motifs is 2. The number of hydrogen-bond donors (Lipinski definition) is 1. The van der Waals surface area contributed by atoms with Crippen molar-refractivity contribution in [2.45, 2.75) is 50.7 Å². The molecule has 0 bridgehead atoms. The first-order chi connectivity index (χ1) is 19.1. The third-order valence-corrected chi connectivity index (χ3v) is 8.61. The second kappa shape index (κ2) is 11.5. The van der Waals surface area contributed by atoms with Crippen LogP contribution in [0, 0.1) is 11.3 Å². The lowest BCUT2D eigenvalue weighted by molar-refractivity contribution is 0.187. The predicted octanol–water partition coefficient (Wildman–Crippen LogP) is 4.40. The van der Waals surface area contributed by atoms with Gasteiger partial charge in [-0.1, -0.05) is 29.8 Å². The number of likely N-dealkylation sites (N-methyl/N-ethyl adjacent to an activating group) is 1. The minimum absolute atomic E-state index is 0.133. The number of anilines is 2. The van der Waals surface area contributed by atoms with E-state index in [9.17, 15) is 5.26 Å². The van der Waals surface area contributed by atoms with Crippen molar-refractivity contribution in [2.24, 2.45) is 0 Å². The number of nitrogens with zero attached hydrogens (tertiary/aromatic N) is 6. The Hall–Kier alpha value is -3.12. The monoisotopic (exact) mass is 545 g/mol. The normalized spacial score (nSPS) is 22.0. The summed E-state index contributed by atoms with van der Waals surface area (Å²) in [5, 5.41) is 15.9. The molecule has 9 heteroatoms. The molecule has 204 valence electrons. The summed E-state index contributed by atoms with van der Waals surface area (Å²) in [5.74, 6) is 0.974. The van der Waals surface area contributed by atoms with Gasteiger partial charge in [-0.2, -0.15) is 15.2 Å².